The number of nitrogens with zero attached hydrogens (tertiary/aromatic N) is 2. The first-order chi connectivity index (χ1) is 8.11. The van der Waals surface area contributed by atoms with Gasteiger partial charge in [-0.2, -0.15) is 5.10 Å². The van der Waals surface area contributed by atoms with Gasteiger partial charge in [0.1, 0.15) is 5.75 Å². The Morgan fingerprint density at radius 2 is 2.24 bits per heavy atom. The van der Waals surface area contributed by atoms with Gasteiger partial charge in [-0.15, -0.1) is 0 Å². The van der Waals surface area contributed by atoms with E-state index in [1.165, 1.54) is 16.9 Å². The van der Waals surface area contributed by atoms with E-state index in [2.05, 4.69) is 5.10 Å². The number of carbonyl (C=O) groups is 1. The predicted octanol–water partition coefficient (Wildman–Crippen LogP) is 2.23. The molecule has 0 fully saturated rings. The molecule has 0 radical (unpaired) electrons. The Labute approximate surface area is 102 Å². The van der Waals surface area contributed by atoms with E-state index in [0.29, 0.717) is 16.5 Å². The minimum atomic E-state index is -1.08. The van der Waals surface area contributed by atoms with Crippen molar-refractivity contribution < 1.29 is 14.6 Å². The summed E-state index contributed by atoms with van der Waals surface area (Å²) in [6.45, 7) is 0. The molecule has 1 aromatic carbocycles. The molecule has 2 aromatic rings. The second-order valence-electron chi connectivity index (χ2n) is 3.27. The van der Waals surface area contributed by atoms with Crippen LogP contribution in [0.5, 0.6) is 5.75 Å². The second kappa shape index (κ2) is 4.47. The summed E-state index contributed by atoms with van der Waals surface area (Å²) in [5.74, 6) is -0.459. The van der Waals surface area contributed by atoms with Crippen LogP contribution in [0.25, 0.3) is 5.69 Å². The average molecular weight is 253 g/mol. The van der Waals surface area contributed by atoms with Gasteiger partial charge in [0.05, 0.1) is 17.8 Å². The molecule has 0 aliphatic carbocycles. The zero-order valence-electron chi connectivity index (χ0n) is 8.92. The van der Waals surface area contributed by atoms with Crippen molar-refractivity contribution in [1.29, 1.82) is 0 Å². The third kappa shape index (κ3) is 2.24. The number of rotatable bonds is 3. The normalized spacial score (nSPS) is 10.2. The van der Waals surface area contributed by atoms with Crippen molar-refractivity contribution in [3.05, 3.63) is 41.2 Å². The number of benzene rings is 1. The Morgan fingerprint density at radius 1 is 1.47 bits per heavy atom. The summed E-state index contributed by atoms with van der Waals surface area (Å²) >= 11 is 6.01. The number of hydrogen-bond acceptors (Lipinski definition) is 3. The number of aromatic nitrogens is 2. The van der Waals surface area contributed by atoms with Gasteiger partial charge >= 0.3 is 5.97 Å². The molecule has 0 aliphatic rings. The van der Waals surface area contributed by atoms with Crippen LogP contribution in [0.2, 0.25) is 5.02 Å². The Bertz CT molecular complexity index is 566. The van der Waals surface area contributed by atoms with Crippen LogP contribution in [0.1, 0.15) is 10.5 Å². The van der Waals surface area contributed by atoms with E-state index in [0.717, 1.165) is 0 Å². The predicted molar refractivity (Wildman–Crippen MR) is 62.1 cm³/mol. The van der Waals surface area contributed by atoms with Gasteiger partial charge in [-0.25, -0.2) is 9.48 Å². The molecule has 0 bridgehead atoms. The molecule has 6 heteroatoms. The van der Waals surface area contributed by atoms with Gasteiger partial charge < -0.3 is 9.84 Å². The maximum absolute atomic E-state index is 10.7. The molecule has 0 unspecified atom stereocenters. The molecule has 0 saturated heterocycles. The van der Waals surface area contributed by atoms with Crippen molar-refractivity contribution in [2.45, 2.75) is 0 Å². The largest absolute Gasteiger partial charge is 0.497 e. The summed E-state index contributed by atoms with van der Waals surface area (Å²) in [4.78, 5) is 10.7. The van der Waals surface area contributed by atoms with E-state index in [-0.39, 0.29) is 5.69 Å². The zero-order chi connectivity index (χ0) is 12.4. The summed E-state index contributed by atoms with van der Waals surface area (Å²) in [6.07, 6.45) is 1.53. The fraction of sp³-hybridized carbons (Fsp3) is 0.0909. The average Bonchev–Trinajstić information content (AvgIpc) is 2.79. The molecule has 0 amide bonds. The number of carboxylic acid groups (broad SMARTS) is 1. The second-order valence-corrected chi connectivity index (χ2v) is 3.68. The highest BCUT2D eigenvalue weighted by atomic mass is 35.5. The van der Waals surface area contributed by atoms with Gasteiger partial charge in [0.2, 0.25) is 0 Å². The summed E-state index contributed by atoms with van der Waals surface area (Å²) < 4.78 is 6.47. The van der Waals surface area contributed by atoms with Crippen LogP contribution in [0.3, 0.4) is 0 Å². The number of ether oxygens (including phenoxy) is 1. The molecule has 1 heterocycles. The highest BCUT2D eigenvalue weighted by Gasteiger charge is 2.10. The van der Waals surface area contributed by atoms with Crippen LogP contribution in [0.4, 0.5) is 0 Å². The van der Waals surface area contributed by atoms with Gasteiger partial charge in [-0.05, 0) is 18.2 Å². The summed E-state index contributed by atoms with van der Waals surface area (Å²) in [7, 11) is 1.54. The van der Waals surface area contributed by atoms with E-state index >= 15 is 0 Å². The van der Waals surface area contributed by atoms with Crippen LogP contribution >= 0.6 is 11.6 Å². The number of halogens is 1. The minimum absolute atomic E-state index is 0.0381. The van der Waals surface area contributed by atoms with Crippen molar-refractivity contribution in [2.24, 2.45) is 0 Å². The lowest BCUT2D eigenvalue weighted by atomic mass is 10.3. The molecule has 0 saturated carbocycles. The van der Waals surface area contributed by atoms with E-state index < -0.39 is 5.97 Å². The summed E-state index contributed by atoms with van der Waals surface area (Å²) in [6, 6.07) is 6.46. The molecule has 0 spiro atoms. The monoisotopic (exact) mass is 252 g/mol. The first-order valence-electron chi connectivity index (χ1n) is 4.74. The lowest BCUT2D eigenvalue weighted by molar-refractivity contribution is 0.0690. The molecule has 0 aliphatic heterocycles. The fourth-order valence-electron chi connectivity index (χ4n) is 1.37. The highest BCUT2D eigenvalue weighted by Crippen LogP contribution is 2.25. The number of carboxylic acids is 1. The Hall–Kier alpha value is -2.01. The molecule has 0 atom stereocenters. The lowest BCUT2D eigenvalue weighted by Gasteiger charge is -2.06. The molecule has 5 nitrogen and oxygen atoms in total. The zero-order valence-corrected chi connectivity index (χ0v) is 9.68. The highest BCUT2D eigenvalue weighted by molar-refractivity contribution is 6.32. The first-order valence-corrected chi connectivity index (χ1v) is 5.12. The van der Waals surface area contributed by atoms with Crippen LogP contribution in [-0.2, 0) is 0 Å². The minimum Gasteiger partial charge on any atom is -0.497 e. The van der Waals surface area contributed by atoms with Crippen molar-refractivity contribution >= 4 is 17.6 Å². The van der Waals surface area contributed by atoms with Crippen LogP contribution in [0, 0.1) is 0 Å². The standard InChI is InChI=1S/C11H9ClN2O3/c1-17-7-2-3-8(12)10(6-7)14-5-4-9(13-14)11(15)16/h2-6H,1H3,(H,15,16). The van der Waals surface area contributed by atoms with Gasteiger partial charge in [-0.1, -0.05) is 11.6 Å². The number of aromatic carboxylic acids is 1. The van der Waals surface area contributed by atoms with E-state index in [9.17, 15) is 4.79 Å². The Morgan fingerprint density at radius 3 is 2.82 bits per heavy atom. The van der Waals surface area contributed by atoms with Crippen LogP contribution in [-0.4, -0.2) is 28.0 Å². The van der Waals surface area contributed by atoms with Crippen LogP contribution < -0.4 is 4.74 Å². The lowest BCUT2D eigenvalue weighted by Crippen LogP contribution is -2.01. The van der Waals surface area contributed by atoms with Crippen molar-refractivity contribution in [3.63, 3.8) is 0 Å². The van der Waals surface area contributed by atoms with E-state index in [4.69, 9.17) is 21.4 Å². The van der Waals surface area contributed by atoms with Crippen molar-refractivity contribution in [2.75, 3.05) is 7.11 Å². The Balaban J connectivity index is 2.47. The molecule has 17 heavy (non-hydrogen) atoms. The molecular formula is C11H9ClN2O3. The topological polar surface area (TPSA) is 64.3 Å². The maximum Gasteiger partial charge on any atom is 0.356 e. The number of hydrogen-bond donors (Lipinski definition) is 1. The third-order valence-electron chi connectivity index (χ3n) is 2.21. The summed E-state index contributed by atoms with van der Waals surface area (Å²) in [5.41, 5.74) is 0.530. The molecule has 1 aromatic heterocycles. The van der Waals surface area contributed by atoms with Crippen molar-refractivity contribution in [3.8, 4) is 11.4 Å². The molecule has 88 valence electrons. The smallest absolute Gasteiger partial charge is 0.356 e. The van der Waals surface area contributed by atoms with Gasteiger partial charge in [0, 0.05) is 12.3 Å². The number of methoxy groups -OCH3 is 1. The van der Waals surface area contributed by atoms with Gasteiger partial charge in [0.25, 0.3) is 0 Å². The maximum atomic E-state index is 10.7. The Kier molecular flexibility index (Phi) is 3.01. The van der Waals surface area contributed by atoms with E-state index in [1.54, 1.807) is 25.3 Å². The van der Waals surface area contributed by atoms with Crippen molar-refractivity contribution in [1.82, 2.24) is 9.78 Å². The SMILES string of the molecule is COc1ccc(Cl)c(-n2ccc(C(=O)O)n2)c1. The third-order valence-corrected chi connectivity index (χ3v) is 2.53. The fourth-order valence-corrected chi connectivity index (χ4v) is 1.57. The molecule has 1 N–H and O–H groups in total. The van der Waals surface area contributed by atoms with Gasteiger partial charge in [-0.3, -0.25) is 0 Å². The van der Waals surface area contributed by atoms with Crippen LogP contribution in [0.15, 0.2) is 30.5 Å². The summed E-state index contributed by atoms with van der Waals surface area (Å²) in [5, 5.41) is 13.1. The first kappa shape index (κ1) is 11.5. The van der Waals surface area contributed by atoms with Gasteiger partial charge in [0.15, 0.2) is 5.69 Å². The molecular weight excluding hydrogens is 244 g/mol. The van der Waals surface area contributed by atoms with E-state index in [1.807, 2.05) is 0 Å². The molecule has 2 rings (SSSR count). The quantitative estimate of drug-likeness (QED) is 0.910.